The Bertz CT molecular complexity index is 1070. The fourth-order valence-electron chi connectivity index (χ4n) is 4.88. The highest BCUT2D eigenvalue weighted by Gasteiger charge is 2.34. The van der Waals surface area contributed by atoms with E-state index in [1.165, 1.54) is 28.5 Å². The second kappa shape index (κ2) is 6.96. The van der Waals surface area contributed by atoms with Crippen molar-refractivity contribution >= 4 is 15.7 Å². The first-order valence-electron chi connectivity index (χ1n) is 10.6. The van der Waals surface area contributed by atoms with E-state index in [1.54, 1.807) is 4.68 Å². The highest BCUT2D eigenvalue weighted by Crippen LogP contribution is 2.39. The number of aliphatic hydroxyl groups is 1. The molecule has 0 radical (unpaired) electrons. The maximum absolute atomic E-state index is 13.0. The van der Waals surface area contributed by atoms with Gasteiger partial charge in [-0.15, -0.1) is 0 Å². The average molecular weight is 433 g/mol. The summed E-state index contributed by atoms with van der Waals surface area (Å²) in [5.41, 5.74) is 5.83. The summed E-state index contributed by atoms with van der Waals surface area (Å²) >= 11 is 0. The summed E-state index contributed by atoms with van der Waals surface area (Å²) < 4.78 is 35.5. The smallest absolute Gasteiger partial charge is 0.251 e. The molecule has 2 heterocycles. The van der Waals surface area contributed by atoms with E-state index in [0.717, 1.165) is 44.2 Å². The van der Waals surface area contributed by atoms with Gasteiger partial charge in [-0.1, -0.05) is 19.9 Å². The quantitative estimate of drug-likeness (QED) is 0.624. The van der Waals surface area contributed by atoms with Gasteiger partial charge < -0.3 is 15.2 Å². The van der Waals surface area contributed by atoms with E-state index in [-0.39, 0.29) is 16.2 Å². The van der Waals surface area contributed by atoms with E-state index in [0.29, 0.717) is 13.2 Å². The Morgan fingerprint density at radius 1 is 1.17 bits per heavy atom. The Morgan fingerprint density at radius 3 is 2.50 bits per heavy atom. The van der Waals surface area contributed by atoms with Crippen LogP contribution in [-0.2, 0) is 42.3 Å². The zero-order valence-electron chi connectivity index (χ0n) is 17.4. The number of ether oxygens (including phenoxy) is 1. The van der Waals surface area contributed by atoms with E-state index < -0.39 is 16.4 Å². The van der Waals surface area contributed by atoms with Crippen molar-refractivity contribution in [2.24, 2.45) is 5.41 Å². The lowest BCUT2D eigenvalue weighted by Gasteiger charge is -2.30. The summed E-state index contributed by atoms with van der Waals surface area (Å²) in [6, 6.07) is 2.30. The molecule has 162 valence electrons. The summed E-state index contributed by atoms with van der Waals surface area (Å²) in [7, 11) is -4.01. The van der Waals surface area contributed by atoms with Crippen molar-refractivity contribution in [3.8, 4) is 5.88 Å². The molecule has 0 saturated carbocycles. The maximum Gasteiger partial charge on any atom is 0.251 e. The van der Waals surface area contributed by atoms with Crippen LogP contribution in [0.5, 0.6) is 5.88 Å². The number of aryl methyl sites for hydroxylation is 2. The second-order valence-electron chi connectivity index (χ2n) is 9.33. The summed E-state index contributed by atoms with van der Waals surface area (Å²) in [6.07, 6.45) is 5.99. The number of nitrogens with one attached hydrogen (secondary N) is 2. The largest absolute Gasteiger partial charge is 0.476 e. The number of nitrogens with zero attached hydrogens (tertiary/aromatic N) is 2. The molecular weight excluding hydrogens is 404 g/mol. The monoisotopic (exact) mass is 432 g/mol. The van der Waals surface area contributed by atoms with Gasteiger partial charge in [0.15, 0.2) is 11.2 Å². The molecule has 9 heteroatoms. The minimum Gasteiger partial charge on any atom is -0.476 e. The minimum absolute atomic E-state index is 0.0534. The topological polar surface area (TPSA) is 105 Å². The molecule has 1 aliphatic heterocycles. The third-order valence-electron chi connectivity index (χ3n) is 6.25. The Morgan fingerprint density at radius 2 is 1.83 bits per heavy atom. The predicted molar refractivity (Wildman–Crippen MR) is 112 cm³/mol. The number of anilines is 1. The van der Waals surface area contributed by atoms with Crippen LogP contribution in [0.15, 0.2) is 17.2 Å². The first kappa shape index (κ1) is 19.8. The number of aliphatic hydroxyl groups excluding tert-OH is 1. The van der Waals surface area contributed by atoms with Gasteiger partial charge in [0.2, 0.25) is 5.88 Å². The van der Waals surface area contributed by atoms with Crippen LogP contribution in [0.2, 0.25) is 0 Å². The van der Waals surface area contributed by atoms with E-state index in [2.05, 4.69) is 21.2 Å². The number of hydrogen-bond acceptors (Lipinski definition) is 6. The number of aromatic nitrogens is 2. The van der Waals surface area contributed by atoms with Gasteiger partial charge in [0, 0.05) is 11.1 Å². The van der Waals surface area contributed by atoms with Crippen LogP contribution < -0.4 is 14.8 Å². The molecule has 1 aromatic heterocycles. The maximum atomic E-state index is 13.0. The molecule has 1 aromatic carbocycles. The Labute approximate surface area is 176 Å². The number of rotatable bonds is 5. The van der Waals surface area contributed by atoms with Crippen LogP contribution in [-0.4, -0.2) is 36.3 Å². The van der Waals surface area contributed by atoms with Gasteiger partial charge in [0.05, 0.1) is 19.3 Å². The van der Waals surface area contributed by atoms with Gasteiger partial charge >= 0.3 is 0 Å². The summed E-state index contributed by atoms with van der Waals surface area (Å²) in [4.78, 5) is -0.0534. The lowest BCUT2D eigenvalue weighted by molar-refractivity contribution is 0.0969. The second-order valence-corrected chi connectivity index (χ2v) is 11.0. The molecule has 3 N–H and O–H groups in total. The first-order valence-corrected chi connectivity index (χ1v) is 12.0. The highest BCUT2D eigenvalue weighted by molar-refractivity contribution is 7.89. The van der Waals surface area contributed by atoms with Crippen molar-refractivity contribution in [3.05, 3.63) is 34.5 Å². The van der Waals surface area contributed by atoms with E-state index >= 15 is 0 Å². The number of benzene rings is 1. The van der Waals surface area contributed by atoms with Crippen LogP contribution in [0, 0.1) is 5.41 Å². The van der Waals surface area contributed by atoms with E-state index in [4.69, 9.17) is 4.74 Å². The standard InChI is InChI=1S/C21H28N4O4S/c1-21(2)11-25-19(29-12-21)17(10-22-25)30(27,28)24-20(26)23-18-15-7-3-5-13(15)9-14-6-4-8-16(14)18/h9-10,20,23-24,26H,3-8,11-12H2,1-2H3. The summed E-state index contributed by atoms with van der Waals surface area (Å²) in [5.74, 6) is 0.218. The van der Waals surface area contributed by atoms with Crippen molar-refractivity contribution in [3.63, 3.8) is 0 Å². The Hall–Kier alpha value is -2.10. The average Bonchev–Trinajstić information content (AvgIpc) is 3.38. The molecule has 1 unspecified atom stereocenters. The van der Waals surface area contributed by atoms with Gasteiger partial charge in [-0.05, 0) is 60.8 Å². The zero-order valence-corrected chi connectivity index (χ0v) is 18.2. The zero-order chi connectivity index (χ0) is 21.1. The van der Waals surface area contributed by atoms with E-state index in [9.17, 15) is 13.5 Å². The van der Waals surface area contributed by atoms with Gasteiger partial charge in [-0.3, -0.25) is 0 Å². The van der Waals surface area contributed by atoms with Gasteiger partial charge in [0.1, 0.15) is 0 Å². The van der Waals surface area contributed by atoms with Crippen molar-refractivity contribution < 1.29 is 18.3 Å². The molecule has 3 aliphatic rings. The van der Waals surface area contributed by atoms with Crippen molar-refractivity contribution in [2.45, 2.75) is 70.2 Å². The van der Waals surface area contributed by atoms with Crippen molar-refractivity contribution in [1.29, 1.82) is 0 Å². The lowest BCUT2D eigenvalue weighted by Crippen LogP contribution is -2.41. The van der Waals surface area contributed by atoms with Crippen LogP contribution in [0.4, 0.5) is 5.69 Å². The highest BCUT2D eigenvalue weighted by atomic mass is 32.2. The van der Waals surface area contributed by atoms with Crippen LogP contribution in [0.1, 0.15) is 48.9 Å². The minimum atomic E-state index is -4.01. The van der Waals surface area contributed by atoms with Crippen LogP contribution in [0.3, 0.4) is 0 Å². The first-order chi connectivity index (χ1) is 14.2. The molecule has 0 spiro atoms. The van der Waals surface area contributed by atoms with Crippen molar-refractivity contribution in [2.75, 3.05) is 11.9 Å². The lowest BCUT2D eigenvalue weighted by atomic mass is 9.94. The molecule has 8 nitrogen and oxygen atoms in total. The Balaban J connectivity index is 1.38. The molecule has 0 saturated heterocycles. The molecule has 2 aromatic rings. The fourth-order valence-corrected chi connectivity index (χ4v) is 5.94. The molecule has 0 bridgehead atoms. The van der Waals surface area contributed by atoms with Crippen LogP contribution >= 0.6 is 0 Å². The Kier molecular flexibility index (Phi) is 4.61. The van der Waals surface area contributed by atoms with E-state index in [1.807, 2.05) is 13.8 Å². The molecule has 30 heavy (non-hydrogen) atoms. The fraction of sp³-hybridized carbons (Fsp3) is 0.571. The summed E-state index contributed by atoms with van der Waals surface area (Å²) in [6.45, 7) is 5.05. The third kappa shape index (κ3) is 3.38. The third-order valence-corrected chi connectivity index (χ3v) is 7.64. The molecular formula is C21H28N4O4S. The number of hydrogen-bond donors (Lipinski definition) is 3. The number of fused-ring (bicyclic) bond motifs is 3. The molecule has 1 atom stereocenters. The summed E-state index contributed by atoms with van der Waals surface area (Å²) in [5, 5.41) is 17.8. The molecule has 0 amide bonds. The molecule has 2 aliphatic carbocycles. The normalized spacial score (nSPS) is 20.2. The molecule has 5 rings (SSSR count). The SMILES string of the molecule is CC1(C)COc2c(S(=O)(=O)NC(O)Nc3c4c(cc5c3CCC5)CCC4)cnn2C1. The van der Waals surface area contributed by atoms with Gasteiger partial charge in [-0.2, -0.15) is 9.82 Å². The number of sulfonamides is 1. The van der Waals surface area contributed by atoms with Gasteiger partial charge in [-0.25, -0.2) is 13.1 Å². The van der Waals surface area contributed by atoms with Crippen molar-refractivity contribution in [1.82, 2.24) is 14.5 Å². The molecule has 0 fully saturated rings. The predicted octanol–water partition coefficient (Wildman–Crippen LogP) is 1.95. The van der Waals surface area contributed by atoms with Gasteiger partial charge in [0.25, 0.3) is 10.0 Å². The van der Waals surface area contributed by atoms with Crippen LogP contribution in [0.25, 0.3) is 0 Å².